The van der Waals surface area contributed by atoms with Crippen LogP contribution in [-0.4, -0.2) is 0 Å². The summed E-state index contributed by atoms with van der Waals surface area (Å²) in [6.45, 7) is 4.68. The van der Waals surface area contributed by atoms with Crippen LogP contribution in [0.4, 0.5) is 34.1 Å². The lowest BCUT2D eigenvalue weighted by Gasteiger charge is -2.46. The molecule has 2 aliphatic rings. The Morgan fingerprint density at radius 1 is 0.548 bits per heavy atom. The second-order valence-corrected chi connectivity index (χ2v) is 11.4. The zero-order valence-corrected chi connectivity index (χ0v) is 23.7. The molecule has 8 rings (SSSR count). The van der Waals surface area contributed by atoms with E-state index in [1.807, 2.05) is 0 Å². The minimum absolute atomic E-state index is 0.298. The summed E-state index contributed by atoms with van der Waals surface area (Å²) in [5.74, 6) is 1.73. The lowest BCUT2D eigenvalue weighted by Crippen LogP contribution is -2.34. The minimum atomic E-state index is -0.298. The lowest BCUT2D eigenvalue weighted by atomic mass is 9.72. The molecule has 3 heteroatoms. The first-order chi connectivity index (χ1) is 20.6. The van der Waals surface area contributed by atoms with Crippen LogP contribution in [0.15, 0.2) is 146 Å². The lowest BCUT2D eigenvalue weighted by molar-refractivity contribution is 0.471. The Hall–Kier alpha value is -5.28. The maximum Gasteiger partial charge on any atom is 0.152 e. The molecule has 0 saturated carbocycles. The third kappa shape index (κ3) is 3.67. The number of benzene rings is 6. The van der Waals surface area contributed by atoms with Gasteiger partial charge >= 0.3 is 0 Å². The predicted octanol–water partition coefficient (Wildman–Crippen LogP) is 11.0. The largest absolute Gasteiger partial charge is 0.453 e. The van der Waals surface area contributed by atoms with E-state index in [1.165, 1.54) is 22.4 Å². The fourth-order valence-corrected chi connectivity index (χ4v) is 6.66. The zero-order valence-electron chi connectivity index (χ0n) is 23.7. The van der Waals surface area contributed by atoms with Crippen LogP contribution in [-0.2, 0) is 5.41 Å². The monoisotopic (exact) mass is 542 g/mol. The highest BCUT2D eigenvalue weighted by Crippen LogP contribution is 2.62. The summed E-state index contributed by atoms with van der Waals surface area (Å²) >= 11 is 0. The summed E-state index contributed by atoms with van der Waals surface area (Å²) in [6.07, 6.45) is 0. The summed E-state index contributed by atoms with van der Waals surface area (Å²) in [5.41, 5.74) is 11.3. The number of rotatable bonds is 4. The molecule has 3 nitrogen and oxygen atoms in total. The van der Waals surface area contributed by atoms with Gasteiger partial charge < -0.3 is 14.5 Å². The van der Waals surface area contributed by atoms with E-state index in [0.29, 0.717) is 0 Å². The number of hydrogen-bond donors (Lipinski definition) is 0. The van der Waals surface area contributed by atoms with Crippen molar-refractivity contribution in [3.8, 4) is 22.6 Å². The van der Waals surface area contributed by atoms with Crippen LogP contribution in [0.3, 0.4) is 0 Å². The zero-order chi connectivity index (χ0) is 28.3. The summed E-state index contributed by atoms with van der Waals surface area (Å²) in [4.78, 5) is 4.80. The Morgan fingerprint density at radius 3 is 1.83 bits per heavy atom. The van der Waals surface area contributed by atoms with Crippen LogP contribution in [0.2, 0.25) is 0 Å². The first kappa shape index (κ1) is 24.5. The molecule has 2 heterocycles. The SMILES string of the molecule is CC1(C)c2ccccc2N2c3cc(-c4ccccc4)ccc3Oc3ccc(N(c4ccccc4)c4ccccc4)c1c32. The van der Waals surface area contributed by atoms with E-state index in [0.717, 1.165) is 45.5 Å². The van der Waals surface area contributed by atoms with Crippen molar-refractivity contribution in [3.63, 3.8) is 0 Å². The maximum atomic E-state index is 6.71. The molecule has 2 aliphatic heterocycles. The highest BCUT2D eigenvalue weighted by atomic mass is 16.5. The molecule has 0 unspecified atom stereocenters. The van der Waals surface area contributed by atoms with E-state index in [1.54, 1.807) is 0 Å². The normalized spacial score (nSPS) is 13.8. The van der Waals surface area contributed by atoms with Gasteiger partial charge in [0.05, 0.1) is 22.7 Å². The highest BCUT2D eigenvalue weighted by Gasteiger charge is 2.44. The van der Waals surface area contributed by atoms with Crippen molar-refractivity contribution in [1.82, 2.24) is 0 Å². The molecular weight excluding hydrogens is 512 g/mol. The third-order valence-electron chi connectivity index (χ3n) is 8.58. The van der Waals surface area contributed by atoms with Gasteiger partial charge in [0.25, 0.3) is 0 Å². The molecule has 0 aromatic heterocycles. The molecule has 0 bridgehead atoms. The van der Waals surface area contributed by atoms with Gasteiger partial charge in [0, 0.05) is 22.4 Å². The summed E-state index contributed by atoms with van der Waals surface area (Å²) in [5, 5.41) is 0. The van der Waals surface area contributed by atoms with E-state index in [2.05, 4.69) is 169 Å². The topological polar surface area (TPSA) is 15.7 Å². The van der Waals surface area contributed by atoms with E-state index in [4.69, 9.17) is 4.74 Å². The van der Waals surface area contributed by atoms with Crippen LogP contribution in [0, 0.1) is 0 Å². The average molecular weight is 543 g/mol. The van der Waals surface area contributed by atoms with Crippen LogP contribution in [0.25, 0.3) is 11.1 Å². The highest BCUT2D eigenvalue weighted by molar-refractivity contribution is 5.98. The van der Waals surface area contributed by atoms with E-state index < -0.39 is 0 Å². The number of ether oxygens (including phenoxy) is 1. The average Bonchev–Trinajstić information content (AvgIpc) is 3.04. The van der Waals surface area contributed by atoms with Crippen LogP contribution < -0.4 is 14.5 Å². The van der Waals surface area contributed by atoms with Gasteiger partial charge in [-0.1, -0.05) is 105 Å². The van der Waals surface area contributed by atoms with Gasteiger partial charge in [-0.15, -0.1) is 0 Å². The Bertz CT molecular complexity index is 1890. The Labute approximate surface area is 246 Å². The number of anilines is 6. The van der Waals surface area contributed by atoms with E-state index >= 15 is 0 Å². The summed E-state index contributed by atoms with van der Waals surface area (Å²) in [6, 6.07) is 51.5. The van der Waals surface area contributed by atoms with Gasteiger partial charge in [-0.05, 0) is 71.3 Å². The van der Waals surface area contributed by atoms with Gasteiger partial charge in [0.15, 0.2) is 11.5 Å². The van der Waals surface area contributed by atoms with Crippen LogP contribution >= 0.6 is 0 Å². The smallest absolute Gasteiger partial charge is 0.152 e. The molecule has 42 heavy (non-hydrogen) atoms. The standard InChI is InChI=1S/C39H30N2O/c1-39(2)31-20-12-13-21-32(31)41-34-26-28(27-14-6-3-7-15-27)22-24-35(34)42-36-25-23-33(37(39)38(36)41)40(29-16-8-4-9-17-29)30-18-10-5-11-19-30/h3-26H,1-2H3. The fourth-order valence-electron chi connectivity index (χ4n) is 6.66. The first-order valence-corrected chi connectivity index (χ1v) is 14.5. The summed E-state index contributed by atoms with van der Waals surface area (Å²) < 4.78 is 6.71. The van der Waals surface area contributed by atoms with Crippen molar-refractivity contribution >= 4 is 34.1 Å². The molecule has 0 saturated heterocycles. The Kier molecular flexibility index (Phi) is 5.48. The first-order valence-electron chi connectivity index (χ1n) is 14.5. The Balaban J connectivity index is 1.42. The number of hydrogen-bond acceptors (Lipinski definition) is 3. The van der Waals surface area contributed by atoms with E-state index in [9.17, 15) is 0 Å². The van der Waals surface area contributed by atoms with Gasteiger partial charge in [-0.2, -0.15) is 0 Å². The van der Waals surface area contributed by atoms with Gasteiger partial charge in [-0.3, -0.25) is 0 Å². The second-order valence-electron chi connectivity index (χ2n) is 11.4. The summed E-state index contributed by atoms with van der Waals surface area (Å²) in [7, 11) is 0. The van der Waals surface area contributed by atoms with Crippen molar-refractivity contribution in [2.45, 2.75) is 19.3 Å². The van der Waals surface area contributed by atoms with Crippen LogP contribution in [0.5, 0.6) is 11.5 Å². The minimum Gasteiger partial charge on any atom is -0.453 e. The predicted molar refractivity (Wildman–Crippen MR) is 173 cm³/mol. The quantitative estimate of drug-likeness (QED) is 0.220. The van der Waals surface area contributed by atoms with Crippen molar-refractivity contribution in [2.24, 2.45) is 0 Å². The molecule has 0 N–H and O–H groups in total. The van der Waals surface area contributed by atoms with Crippen molar-refractivity contribution < 1.29 is 4.74 Å². The molecule has 6 aromatic carbocycles. The molecule has 0 amide bonds. The molecule has 0 fully saturated rings. The second kappa shape index (κ2) is 9.39. The van der Waals surface area contributed by atoms with Crippen molar-refractivity contribution in [1.29, 1.82) is 0 Å². The molecule has 0 atom stereocenters. The van der Waals surface area contributed by atoms with Crippen molar-refractivity contribution in [3.05, 3.63) is 157 Å². The fraction of sp³-hybridized carbons (Fsp3) is 0.0769. The maximum absolute atomic E-state index is 6.71. The van der Waals surface area contributed by atoms with E-state index in [-0.39, 0.29) is 5.41 Å². The molecule has 0 spiro atoms. The molecule has 0 aliphatic carbocycles. The molecule has 202 valence electrons. The van der Waals surface area contributed by atoms with Crippen LogP contribution in [0.1, 0.15) is 25.0 Å². The number of fused-ring (bicyclic) bond motifs is 4. The van der Waals surface area contributed by atoms with Gasteiger partial charge in [-0.25, -0.2) is 0 Å². The van der Waals surface area contributed by atoms with Crippen molar-refractivity contribution in [2.75, 3.05) is 9.80 Å². The molecule has 0 radical (unpaired) electrons. The molecule has 6 aromatic rings. The molecular formula is C39H30N2O. The number of para-hydroxylation sites is 3. The Morgan fingerprint density at radius 2 is 1.14 bits per heavy atom. The number of nitrogens with zero attached hydrogens (tertiary/aromatic N) is 2. The third-order valence-corrected chi connectivity index (χ3v) is 8.58. The van der Waals surface area contributed by atoms with Gasteiger partial charge in [0.2, 0.25) is 0 Å². The van der Waals surface area contributed by atoms with Gasteiger partial charge in [0.1, 0.15) is 0 Å².